The number of likely N-dealkylation sites (tertiary alicyclic amines) is 2. The average Bonchev–Trinajstić information content (AvgIpc) is 3.14. The molecule has 2 aliphatic rings. The SMILES string of the molecule is COCCCN1CCCC2(CCCN(C(=O)CCn3cccn3)C2)C1. The number of piperidine rings is 2. The molecule has 2 fully saturated rings. The van der Waals surface area contributed by atoms with Crippen LogP contribution < -0.4 is 0 Å². The summed E-state index contributed by atoms with van der Waals surface area (Å²) in [5.74, 6) is 0.283. The highest BCUT2D eigenvalue weighted by atomic mass is 16.5. The standard InChI is InChI=1S/C19H32N4O2/c1-25-15-5-11-21-10-2-7-19(16-21)8-3-12-22(17-19)18(24)6-14-23-13-4-9-20-23/h4,9,13H,2-3,5-8,10-12,14-17H2,1H3. The Balaban J connectivity index is 1.51. The quantitative estimate of drug-likeness (QED) is 0.708. The van der Waals surface area contributed by atoms with E-state index in [1.165, 1.54) is 25.8 Å². The van der Waals surface area contributed by atoms with E-state index in [0.717, 1.165) is 45.6 Å². The normalized spacial score (nSPS) is 24.8. The van der Waals surface area contributed by atoms with Crippen LogP contribution in [0.15, 0.2) is 18.5 Å². The molecular weight excluding hydrogens is 316 g/mol. The summed E-state index contributed by atoms with van der Waals surface area (Å²) < 4.78 is 7.03. The molecule has 1 atom stereocenters. The van der Waals surface area contributed by atoms with E-state index >= 15 is 0 Å². The molecule has 1 spiro atoms. The Kier molecular flexibility index (Phi) is 6.48. The molecule has 25 heavy (non-hydrogen) atoms. The lowest BCUT2D eigenvalue weighted by atomic mass is 9.73. The molecule has 6 heteroatoms. The topological polar surface area (TPSA) is 50.6 Å². The van der Waals surface area contributed by atoms with Gasteiger partial charge >= 0.3 is 0 Å². The first kappa shape index (κ1) is 18.4. The highest BCUT2D eigenvalue weighted by molar-refractivity contribution is 5.76. The van der Waals surface area contributed by atoms with Gasteiger partial charge in [0.25, 0.3) is 0 Å². The van der Waals surface area contributed by atoms with Crippen molar-refractivity contribution in [3.63, 3.8) is 0 Å². The predicted molar refractivity (Wildman–Crippen MR) is 97.3 cm³/mol. The van der Waals surface area contributed by atoms with Crippen molar-refractivity contribution >= 4 is 5.91 Å². The van der Waals surface area contributed by atoms with Crippen LogP contribution >= 0.6 is 0 Å². The fourth-order valence-electron chi connectivity index (χ4n) is 4.49. The van der Waals surface area contributed by atoms with Crippen molar-refractivity contribution in [1.82, 2.24) is 19.6 Å². The number of methoxy groups -OCH3 is 1. The van der Waals surface area contributed by atoms with E-state index in [-0.39, 0.29) is 5.91 Å². The first-order valence-electron chi connectivity index (χ1n) is 9.67. The van der Waals surface area contributed by atoms with Gasteiger partial charge in [-0.2, -0.15) is 5.10 Å². The molecule has 6 nitrogen and oxygen atoms in total. The maximum absolute atomic E-state index is 12.7. The van der Waals surface area contributed by atoms with Crippen molar-refractivity contribution in [2.24, 2.45) is 5.41 Å². The molecule has 0 saturated carbocycles. The Morgan fingerprint density at radius 1 is 1.20 bits per heavy atom. The zero-order chi connectivity index (χ0) is 17.5. The third-order valence-corrected chi connectivity index (χ3v) is 5.69. The molecule has 0 aromatic carbocycles. The van der Waals surface area contributed by atoms with Gasteiger partial charge in [-0.15, -0.1) is 0 Å². The molecule has 140 valence electrons. The van der Waals surface area contributed by atoms with Gasteiger partial charge in [-0.05, 0) is 44.7 Å². The van der Waals surface area contributed by atoms with Gasteiger partial charge in [-0.3, -0.25) is 9.48 Å². The minimum Gasteiger partial charge on any atom is -0.385 e. The molecule has 3 heterocycles. The summed E-state index contributed by atoms with van der Waals surface area (Å²) in [7, 11) is 1.77. The minimum atomic E-state index is 0.283. The number of ether oxygens (including phenoxy) is 1. The van der Waals surface area contributed by atoms with E-state index in [4.69, 9.17) is 4.74 Å². The predicted octanol–water partition coefficient (Wildman–Crippen LogP) is 2.01. The van der Waals surface area contributed by atoms with Crippen LogP contribution in [0.25, 0.3) is 0 Å². The third kappa shape index (κ3) is 5.05. The molecule has 3 rings (SSSR count). The number of aryl methyl sites for hydroxylation is 1. The van der Waals surface area contributed by atoms with Crippen LogP contribution in [0.1, 0.15) is 38.5 Å². The van der Waals surface area contributed by atoms with Gasteiger partial charge in [0.1, 0.15) is 0 Å². The van der Waals surface area contributed by atoms with Gasteiger partial charge in [-0.25, -0.2) is 0 Å². The Hall–Kier alpha value is -1.40. The minimum absolute atomic E-state index is 0.283. The Labute approximate surface area is 151 Å². The second-order valence-corrected chi connectivity index (χ2v) is 7.66. The number of carbonyl (C=O) groups excluding carboxylic acids is 1. The maximum Gasteiger partial charge on any atom is 0.224 e. The number of carbonyl (C=O) groups is 1. The van der Waals surface area contributed by atoms with E-state index in [1.807, 2.05) is 16.9 Å². The fourth-order valence-corrected chi connectivity index (χ4v) is 4.49. The molecule has 2 aliphatic heterocycles. The summed E-state index contributed by atoms with van der Waals surface area (Å²) in [6.07, 6.45) is 10.2. The van der Waals surface area contributed by atoms with Crippen LogP contribution in [-0.2, 0) is 16.1 Å². The number of rotatable bonds is 7. The van der Waals surface area contributed by atoms with Crippen molar-refractivity contribution in [2.75, 3.05) is 46.4 Å². The van der Waals surface area contributed by atoms with E-state index in [1.54, 1.807) is 13.3 Å². The summed E-state index contributed by atoms with van der Waals surface area (Å²) in [6.45, 7) is 6.82. The van der Waals surface area contributed by atoms with Crippen LogP contribution in [0.4, 0.5) is 0 Å². The van der Waals surface area contributed by atoms with Crippen LogP contribution in [0, 0.1) is 5.41 Å². The Morgan fingerprint density at radius 3 is 2.80 bits per heavy atom. The molecule has 2 saturated heterocycles. The highest BCUT2D eigenvalue weighted by Gasteiger charge is 2.40. The van der Waals surface area contributed by atoms with Gasteiger partial charge in [-0.1, -0.05) is 0 Å². The highest BCUT2D eigenvalue weighted by Crippen LogP contribution is 2.38. The zero-order valence-electron chi connectivity index (χ0n) is 15.5. The number of aromatic nitrogens is 2. The van der Waals surface area contributed by atoms with E-state index in [2.05, 4.69) is 14.9 Å². The first-order valence-corrected chi connectivity index (χ1v) is 9.67. The largest absolute Gasteiger partial charge is 0.385 e. The van der Waals surface area contributed by atoms with Crippen LogP contribution in [0.3, 0.4) is 0 Å². The third-order valence-electron chi connectivity index (χ3n) is 5.69. The van der Waals surface area contributed by atoms with Crippen molar-refractivity contribution in [3.8, 4) is 0 Å². The monoisotopic (exact) mass is 348 g/mol. The summed E-state index contributed by atoms with van der Waals surface area (Å²) in [5.41, 5.74) is 0.310. The smallest absolute Gasteiger partial charge is 0.224 e. The number of nitrogens with zero attached hydrogens (tertiary/aromatic N) is 4. The average molecular weight is 348 g/mol. The summed E-state index contributed by atoms with van der Waals surface area (Å²) in [4.78, 5) is 17.4. The number of amides is 1. The molecule has 0 N–H and O–H groups in total. The first-order chi connectivity index (χ1) is 12.2. The van der Waals surface area contributed by atoms with Gasteiger partial charge in [0, 0.05) is 70.7 Å². The molecule has 0 radical (unpaired) electrons. The number of hydrogen-bond donors (Lipinski definition) is 0. The summed E-state index contributed by atoms with van der Waals surface area (Å²) >= 11 is 0. The lowest BCUT2D eigenvalue weighted by Crippen LogP contribution is -2.53. The molecule has 1 amide bonds. The second-order valence-electron chi connectivity index (χ2n) is 7.66. The van der Waals surface area contributed by atoms with E-state index < -0.39 is 0 Å². The lowest BCUT2D eigenvalue weighted by Gasteiger charge is -2.48. The van der Waals surface area contributed by atoms with Crippen LogP contribution in [-0.4, -0.2) is 71.9 Å². The van der Waals surface area contributed by atoms with Crippen molar-refractivity contribution in [2.45, 2.75) is 45.1 Å². The van der Waals surface area contributed by atoms with Gasteiger partial charge < -0.3 is 14.5 Å². The molecular formula is C19H32N4O2. The van der Waals surface area contributed by atoms with E-state index in [0.29, 0.717) is 18.4 Å². The van der Waals surface area contributed by atoms with Crippen molar-refractivity contribution in [1.29, 1.82) is 0 Å². The Bertz CT molecular complexity index is 530. The van der Waals surface area contributed by atoms with Crippen LogP contribution in [0.2, 0.25) is 0 Å². The molecule has 1 unspecified atom stereocenters. The number of hydrogen-bond acceptors (Lipinski definition) is 4. The van der Waals surface area contributed by atoms with Gasteiger partial charge in [0.2, 0.25) is 5.91 Å². The second kappa shape index (κ2) is 8.81. The van der Waals surface area contributed by atoms with Crippen molar-refractivity contribution in [3.05, 3.63) is 18.5 Å². The van der Waals surface area contributed by atoms with Gasteiger partial charge in [0.05, 0.1) is 0 Å². The molecule has 0 bridgehead atoms. The molecule has 1 aromatic heterocycles. The molecule has 0 aliphatic carbocycles. The van der Waals surface area contributed by atoms with Crippen LogP contribution in [0.5, 0.6) is 0 Å². The zero-order valence-corrected chi connectivity index (χ0v) is 15.5. The molecule has 1 aromatic rings. The maximum atomic E-state index is 12.7. The Morgan fingerprint density at radius 2 is 2.04 bits per heavy atom. The van der Waals surface area contributed by atoms with Crippen molar-refractivity contribution < 1.29 is 9.53 Å². The van der Waals surface area contributed by atoms with E-state index in [9.17, 15) is 4.79 Å². The summed E-state index contributed by atoms with van der Waals surface area (Å²) in [5, 5.41) is 4.19. The summed E-state index contributed by atoms with van der Waals surface area (Å²) in [6, 6.07) is 1.90. The lowest BCUT2D eigenvalue weighted by molar-refractivity contribution is -0.136. The fraction of sp³-hybridized carbons (Fsp3) is 0.789. The van der Waals surface area contributed by atoms with Gasteiger partial charge in [0.15, 0.2) is 0 Å².